The number of anilines is 1. The molecule has 6 nitrogen and oxygen atoms in total. The maximum atomic E-state index is 6.04. The van der Waals surface area contributed by atoms with Crippen molar-refractivity contribution in [3.05, 3.63) is 89.4 Å². The Kier molecular flexibility index (Phi) is 6.24. The van der Waals surface area contributed by atoms with Crippen molar-refractivity contribution in [1.29, 1.82) is 0 Å². The van der Waals surface area contributed by atoms with Crippen molar-refractivity contribution in [2.75, 3.05) is 31.1 Å². The molecule has 0 saturated carbocycles. The van der Waals surface area contributed by atoms with Crippen LogP contribution in [0.4, 0.5) is 5.82 Å². The fraction of sp³-hybridized carbons (Fsp3) is 0.357. The van der Waals surface area contributed by atoms with Crippen LogP contribution < -0.4 is 10.6 Å². The third-order valence-electron chi connectivity index (χ3n) is 6.90. The zero-order chi connectivity index (χ0) is 23.7. The molecule has 5 rings (SSSR count). The Morgan fingerprint density at radius 2 is 1.79 bits per heavy atom. The summed E-state index contributed by atoms with van der Waals surface area (Å²) in [7, 11) is 0. The van der Waals surface area contributed by atoms with Crippen molar-refractivity contribution in [3.8, 4) is 0 Å². The third-order valence-corrected chi connectivity index (χ3v) is 6.90. The second-order valence-electron chi connectivity index (χ2n) is 9.65. The summed E-state index contributed by atoms with van der Waals surface area (Å²) in [6.07, 6.45) is 8.11. The average Bonchev–Trinajstić information content (AvgIpc) is 3.47. The van der Waals surface area contributed by atoms with E-state index in [1.165, 1.54) is 5.56 Å². The highest BCUT2D eigenvalue weighted by Gasteiger charge is 2.40. The number of hydrogen-bond acceptors (Lipinski definition) is 5. The molecule has 34 heavy (non-hydrogen) atoms. The number of aromatic nitrogens is 3. The molecule has 4 heterocycles. The lowest BCUT2D eigenvalue weighted by Crippen LogP contribution is -2.29. The fourth-order valence-corrected chi connectivity index (χ4v) is 5.42. The quantitative estimate of drug-likeness (QED) is 0.559. The zero-order valence-corrected chi connectivity index (χ0v) is 20.4. The molecule has 2 aliphatic heterocycles. The maximum absolute atomic E-state index is 6.04. The third kappa shape index (κ3) is 4.50. The molecule has 0 amide bonds. The standard InChI is InChI=1S/C28H34N6/c1-4-5-11-23(14-20(2)29)28-21(3)30-26-12-13-27(31-34(26)28)33-18-24-16-32(17-25(24)19-33)15-22-9-7-6-8-10-22/h4-14,24-25H,15-19,29H2,1-3H3/b5-4?,20-14+,23-11+. The lowest BCUT2D eigenvalue weighted by Gasteiger charge is -2.22. The number of nitrogens with two attached hydrogens (primary N) is 1. The molecule has 3 aromatic rings. The Morgan fingerprint density at radius 1 is 1.06 bits per heavy atom. The Balaban J connectivity index is 1.37. The summed E-state index contributed by atoms with van der Waals surface area (Å²) in [6.45, 7) is 11.4. The minimum atomic E-state index is 0.693. The van der Waals surface area contributed by atoms with E-state index in [0.717, 1.165) is 66.8 Å². The Hall–Kier alpha value is -3.38. The first-order chi connectivity index (χ1) is 16.5. The molecular weight excluding hydrogens is 420 g/mol. The van der Waals surface area contributed by atoms with Gasteiger partial charge in [0.1, 0.15) is 5.82 Å². The summed E-state index contributed by atoms with van der Waals surface area (Å²) in [5.41, 5.74) is 12.0. The predicted molar refractivity (Wildman–Crippen MR) is 139 cm³/mol. The molecular formula is C28H34N6. The van der Waals surface area contributed by atoms with Crippen molar-refractivity contribution in [1.82, 2.24) is 19.5 Å². The van der Waals surface area contributed by atoms with Gasteiger partial charge in [-0.1, -0.05) is 48.6 Å². The van der Waals surface area contributed by atoms with E-state index in [0.29, 0.717) is 11.8 Å². The van der Waals surface area contributed by atoms with Crippen molar-refractivity contribution in [2.45, 2.75) is 27.3 Å². The van der Waals surface area contributed by atoms with Gasteiger partial charge in [0.2, 0.25) is 0 Å². The lowest BCUT2D eigenvalue weighted by atomic mass is 10.0. The number of imidazole rings is 1. The molecule has 0 radical (unpaired) electrons. The molecule has 2 aliphatic rings. The van der Waals surface area contributed by atoms with Gasteiger partial charge < -0.3 is 10.6 Å². The highest BCUT2D eigenvalue weighted by atomic mass is 15.4. The SMILES string of the molecule is CC=C/C=C(\C=C(/C)N)c1c(C)nc2ccc(N3CC4CN(Cc5ccccc5)CC4C3)nn12. The molecule has 1 aromatic carbocycles. The number of fused-ring (bicyclic) bond motifs is 2. The van der Waals surface area contributed by atoms with Gasteiger partial charge in [-0.3, -0.25) is 4.90 Å². The van der Waals surface area contributed by atoms with Crippen LogP contribution in [0.1, 0.15) is 30.8 Å². The molecule has 0 bridgehead atoms. The molecule has 0 aliphatic carbocycles. The number of benzene rings is 1. The van der Waals surface area contributed by atoms with Crippen molar-refractivity contribution >= 4 is 17.0 Å². The number of nitrogens with zero attached hydrogens (tertiary/aromatic N) is 5. The van der Waals surface area contributed by atoms with E-state index >= 15 is 0 Å². The van der Waals surface area contributed by atoms with Crippen LogP contribution in [0, 0.1) is 18.8 Å². The molecule has 2 fully saturated rings. The first kappa shape index (κ1) is 22.4. The summed E-state index contributed by atoms with van der Waals surface area (Å²) >= 11 is 0. The van der Waals surface area contributed by atoms with Crippen LogP contribution in [0.25, 0.3) is 11.2 Å². The summed E-state index contributed by atoms with van der Waals surface area (Å²) in [4.78, 5) is 9.82. The van der Waals surface area contributed by atoms with Gasteiger partial charge in [0.15, 0.2) is 5.65 Å². The molecule has 2 atom stereocenters. The van der Waals surface area contributed by atoms with Gasteiger partial charge in [0.25, 0.3) is 0 Å². The van der Waals surface area contributed by atoms with Gasteiger partial charge in [-0.05, 0) is 56.4 Å². The van der Waals surface area contributed by atoms with Crippen LogP contribution in [0.15, 0.2) is 72.5 Å². The first-order valence-corrected chi connectivity index (χ1v) is 12.2. The van der Waals surface area contributed by atoms with Crippen molar-refractivity contribution in [3.63, 3.8) is 0 Å². The second kappa shape index (κ2) is 9.47. The first-order valence-electron chi connectivity index (χ1n) is 12.2. The van der Waals surface area contributed by atoms with Gasteiger partial charge in [-0.2, -0.15) is 0 Å². The summed E-state index contributed by atoms with van der Waals surface area (Å²) < 4.78 is 1.98. The topological polar surface area (TPSA) is 62.7 Å². The second-order valence-corrected chi connectivity index (χ2v) is 9.65. The lowest BCUT2D eigenvalue weighted by molar-refractivity contribution is 0.308. The van der Waals surface area contributed by atoms with Gasteiger partial charge in [0.05, 0.1) is 11.4 Å². The number of allylic oxidation sites excluding steroid dienone is 6. The Morgan fingerprint density at radius 3 is 2.47 bits per heavy atom. The normalized spacial score (nSPS) is 21.8. The molecule has 2 saturated heterocycles. The molecule has 0 spiro atoms. The van der Waals surface area contributed by atoms with E-state index in [2.05, 4.69) is 58.3 Å². The molecule has 6 heteroatoms. The highest BCUT2D eigenvalue weighted by molar-refractivity contribution is 5.77. The molecule has 2 unspecified atom stereocenters. The van der Waals surface area contributed by atoms with Gasteiger partial charge in [-0.25, -0.2) is 9.50 Å². The number of rotatable bonds is 6. The number of likely N-dealkylation sites (tertiary alicyclic amines) is 1. The predicted octanol–water partition coefficient (Wildman–Crippen LogP) is 4.43. The summed E-state index contributed by atoms with van der Waals surface area (Å²) in [5, 5.41) is 5.06. The maximum Gasteiger partial charge on any atom is 0.154 e. The van der Waals surface area contributed by atoms with Gasteiger partial charge in [0, 0.05) is 44.0 Å². The van der Waals surface area contributed by atoms with Crippen LogP contribution in [0.5, 0.6) is 0 Å². The van der Waals surface area contributed by atoms with E-state index < -0.39 is 0 Å². The fourth-order valence-electron chi connectivity index (χ4n) is 5.42. The number of aryl methyl sites for hydroxylation is 1. The Labute approximate surface area is 202 Å². The van der Waals surface area contributed by atoms with E-state index in [4.69, 9.17) is 15.8 Å². The largest absolute Gasteiger partial charge is 0.402 e. The molecule has 2 aromatic heterocycles. The van der Waals surface area contributed by atoms with E-state index in [1.807, 2.05) is 43.5 Å². The van der Waals surface area contributed by atoms with Crippen LogP contribution in [0.3, 0.4) is 0 Å². The smallest absolute Gasteiger partial charge is 0.154 e. The van der Waals surface area contributed by atoms with Gasteiger partial charge >= 0.3 is 0 Å². The van der Waals surface area contributed by atoms with E-state index in [9.17, 15) is 0 Å². The van der Waals surface area contributed by atoms with Gasteiger partial charge in [-0.15, -0.1) is 5.10 Å². The summed E-state index contributed by atoms with van der Waals surface area (Å²) in [6, 6.07) is 15.0. The van der Waals surface area contributed by atoms with Crippen LogP contribution >= 0.6 is 0 Å². The highest BCUT2D eigenvalue weighted by Crippen LogP contribution is 2.34. The van der Waals surface area contributed by atoms with Crippen molar-refractivity contribution in [2.24, 2.45) is 17.6 Å². The monoisotopic (exact) mass is 454 g/mol. The van der Waals surface area contributed by atoms with Crippen LogP contribution in [-0.2, 0) is 6.54 Å². The van der Waals surface area contributed by atoms with Crippen LogP contribution in [0.2, 0.25) is 0 Å². The zero-order valence-electron chi connectivity index (χ0n) is 20.4. The minimum absolute atomic E-state index is 0.693. The van der Waals surface area contributed by atoms with Crippen LogP contribution in [-0.4, -0.2) is 45.7 Å². The Bertz CT molecular complexity index is 1230. The minimum Gasteiger partial charge on any atom is -0.402 e. The van der Waals surface area contributed by atoms with E-state index in [1.54, 1.807) is 0 Å². The van der Waals surface area contributed by atoms with Crippen molar-refractivity contribution < 1.29 is 0 Å². The number of hydrogen-bond donors (Lipinski definition) is 1. The molecule has 176 valence electrons. The average molecular weight is 455 g/mol. The molecule has 2 N–H and O–H groups in total. The van der Waals surface area contributed by atoms with E-state index in [-0.39, 0.29) is 0 Å². The summed E-state index contributed by atoms with van der Waals surface area (Å²) in [5.74, 6) is 2.41.